The van der Waals surface area contributed by atoms with E-state index in [1.807, 2.05) is 0 Å². The lowest BCUT2D eigenvalue weighted by Gasteiger charge is -2.09. The van der Waals surface area contributed by atoms with E-state index >= 15 is 0 Å². The third-order valence-electron chi connectivity index (χ3n) is 2.72. The second kappa shape index (κ2) is 6.03. The average molecular weight is 325 g/mol. The van der Waals surface area contributed by atoms with Crippen LogP contribution >= 0.6 is 23.2 Å². The normalized spacial score (nSPS) is 10.2. The van der Waals surface area contributed by atoms with E-state index in [4.69, 9.17) is 34.0 Å². The van der Waals surface area contributed by atoms with Crippen molar-refractivity contribution in [3.63, 3.8) is 0 Å². The zero-order chi connectivity index (χ0) is 15.6. The van der Waals surface area contributed by atoms with Crippen LogP contribution in [0, 0.1) is 0 Å². The zero-order valence-electron chi connectivity index (χ0n) is 10.6. The summed E-state index contributed by atoms with van der Waals surface area (Å²) in [5.41, 5.74) is 6.41. The highest BCUT2D eigenvalue weighted by atomic mass is 35.5. The fourth-order valence-electron chi connectivity index (χ4n) is 1.63. The molecule has 0 saturated heterocycles. The smallest absolute Gasteiger partial charge is 0.335 e. The maximum atomic E-state index is 12.1. The number of nitrogens with one attached hydrogen (secondary N) is 1. The molecule has 0 aromatic heterocycles. The molecule has 0 spiro atoms. The van der Waals surface area contributed by atoms with Gasteiger partial charge in [0, 0.05) is 5.56 Å². The Bertz CT molecular complexity index is 732. The first kappa shape index (κ1) is 15.2. The lowest BCUT2D eigenvalue weighted by Crippen LogP contribution is -2.13. The van der Waals surface area contributed by atoms with Crippen LogP contribution in [0.5, 0.6) is 0 Å². The summed E-state index contributed by atoms with van der Waals surface area (Å²) in [7, 11) is 0. The van der Waals surface area contributed by atoms with Crippen molar-refractivity contribution in [1.82, 2.24) is 0 Å². The molecule has 0 saturated carbocycles. The van der Waals surface area contributed by atoms with Crippen LogP contribution in [0.3, 0.4) is 0 Å². The number of amides is 1. The Hall–Kier alpha value is -2.24. The van der Waals surface area contributed by atoms with Gasteiger partial charge < -0.3 is 16.2 Å². The fourth-order valence-corrected chi connectivity index (χ4v) is 1.92. The number of carbonyl (C=O) groups is 2. The van der Waals surface area contributed by atoms with Gasteiger partial charge in [0.15, 0.2) is 0 Å². The number of rotatable bonds is 3. The van der Waals surface area contributed by atoms with Gasteiger partial charge in [-0.25, -0.2) is 4.79 Å². The summed E-state index contributed by atoms with van der Waals surface area (Å²) in [4.78, 5) is 23.0. The standard InChI is InChI=1S/C14H10Cl2N2O3/c15-9-3-1-7(5-11(9)17)13(19)18-12-6-8(14(20)21)2-4-10(12)16/h1-6H,17H2,(H,18,19)(H,20,21). The number of aromatic carboxylic acids is 1. The Kier molecular flexibility index (Phi) is 4.35. The third kappa shape index (κ3) is 3.45. The molecule has 0 fully saturated rings. The van der Waals surface area contributed by atoms with Gasteiger partial charge in [0.1, 0.15) is 0 Å². The molecule has 0 radical (unpaired) electrons. The van der Waals surface area contributed by atoms with Crippen molar-refractivity contribution in [3.8, 4) is 0 Å². The molecule has 2 aromatic rings. The van der Waals surface area contributed by atoms with Crippen molar-refractivity contribution in [2.75, 3.05) is 11.1 Å². The number of carboxylic acids is 1. The van der Waals surface area contributed by atoms with E-state index in [0.29, 0.717) is 5.02 Å². The summed E-state index contributed by atoms with van der Waals surface area (Å²) in [5.74, 6) is -1.58. The van der Waals surface area contributed by atoms with Crippen LogP contribution in [0.15, 0.2) is 36.4 Å². The number of nitrogen functional groups attached to an aromatic ring is 1. The SMILES string of the molecule is Nc1cc(C(=O)Nc2cc(C(=O)O)ccc2Cl)ccc1Cl. The molecule has 5 nitrogen and oxygen atoms in total. The molecular weight excluding hydrogens is 315 g/mol. The van der Waals surface area contributed by atoms with E-state index in [1.165, 1.54) is 36.4 Å². The molecule has 0 aliphatic rings. The van der Waals surface area contributed by atoms with Crippen LogP contribution in [0.1, 0.15) is 20.7 Å². The molecule has 7 heteroatoms. The molecular formula is C14H10Cl2N2O3. The van der Waals surface area contributed by atoms with Gasteiger partial charge in [0.25, 0.3) is 5.91 Å². The van der Waals surface area contributed by atoms with E-state index in [1.54, 1.807) is 0 Å². The van der Waals surface area contributed by atoms with Crippen molar-refractivity contribution in [3.05, 3.63) is 57.6 Å². The molecule has 0 bridgehead atoms. The Morgan fingerprint density at radius 1 is 1.00 bits per heavy atom. The van der Waals surface area contributed by atoms with Crippen molar-refractivity contribution in [1.29, 1.82) is 0 Å². The molecule has 1 amide bonds. The minimum atomic E-state index is -1.11. The summed E-state index contributed by atoms with van der Waals surface area (Å²) >= 11 is 11.7. The summed E-state index contributed by atoms with van der Waals surface area (Å²) < 4.78 is 0. The van der Waals surface area contributed by atoms with Crippen LogP contribution in [0.4, 0.5) is 11.4 Å². The van der Waals surface area contributed by atoms with Crippen LogP contribution in [-0.4, -0.2) is 17.0 Å². The highest BCUT2D eigenvalue weighted by Gasteiger charge is 2.12. The van der Waals surface area contributed by atoms with E-state index in [2.05, 4.69) is 5.32 Å². The van der Waals surface area contributed by atoms with Gasteiger partial charge in [-0.2, -0.15) is 0 Å². The third-order valence-corrected chi connectivity index (χ3v) is 3.39. The quantitative estimate of drug-likeness (QED) is 0.753. The Morgan fingerprint density at radius 2 is 1.62 bits per heavy atom. The van der Waals surface area contributed by atoms with Gasteiger partial charge >= 0.3 is 5.97 Å². The van der Waals surface area contributed by atoms with Gasteiger partial charge in [-0.3, -0.25) is 4.79 Å². The summed E-state index contributed by atoms with van der Waals surface area (Å²) in [5, 5.41) is 12.0. The average Bonchev–Trinajstić information content (AvgIpc) is 2.43. The number of nitrogens with two attached hydrogens (primary N) is 1. The lowest BCUT2D eigenvalue weighted by atomic mass is 10.1. The first-order valence-electron chi connectivity index (χ1n) is 5.77. The minimum absolute atomic E-state index is 0.0188. The summed E-state index contributed by atoms with van der Waals surface area (Å²) in [6.07, 6.45) is 0. The number of benzene rings is 2. The number of carboxylic acid groups (broad SMARTS) is 1. The maximum Gasteiger partial charge on any atom is 0.335 e. The van der Waals surface area contributed by atoms with Crippen LogP contribution in [0.2, 0.25) is 10.0 Å². The number of hydrogen-bond donors (Lipinski definition) is 3. The van der Waals surface area contributed by atoms with E-state index < -0.39 is 11.9 Å². The lowest BCUT2D eigenvalue weighted by molar-refractivity contribution is 0.0696. The molecule has 2 aromatic carbocycles. The van der Waals surface area contributed by atoms with Crippen LogP contribution in [0.25, 0.3) is 0 Å². The summed E-state index contributed by atoms with van der Waals surface area (Å²) in [6, 6.07) is 8.45. The van der Waals surface area contributed by atoms with E-state index in [0.717, 1.165) is 0 Å². The second-order valence-corrected chi connectivity index (χ2v) is 5.00. The van der Waals surface area contributed by atoms with Crippen molar-refractivity contribution in [2.45, 2.75) is 0 Å². The Balaban J connectivity index is 2.28. The molecule has 0 aliphatic heterocycles. The van der Waals surface area contributed by atoms with Crippen molar-refractivity contribution < 1.29 is 14.7 Å². The number of hydrogen-bond acceptors (Lipinski definition) is 3. The van der Waals surface area contributed by atoms with E-state index in [9.17, 15) is 9.59 Å². The molecule has 108 valence electrons. The topological polar surface area (TPSA) is 92.4 Å². The largest absolute Gasteiger partial charge is 0.478 e. The van der Waals surface area contributed by atoms with Gasteiger partial charge in [-0.15, -0.1) is 0 Å². The number of carbonyl (C=O) groups excluding carboxylic acids is 1. The number of anilines is 2. The monoisotopic (exact) mass is 324 g/mol. The van der Waals surface area contributed by atoms with Gasteiger partial charge in [-0.05, 0) is 36.4 Å². The van der Waals surface area contributed by atoms with Crippen LogP contribution < -0.4 is 11.1 Å². The highest BCUT2D eigenvalue weighted by Crippen LogP contribution is 2.25. The molecule has 0 atom stereocenters. The molecule has 21 heavy (non-hydrogen) atoms. The van der Waals surface area contributed by atoms with Gasteiger partial charge in [-0.1, -0.05) is 23.2 Å². The fraction of sp³-hybridized carbons (Fsp3) is 0. The predicted molar refractivity (Wildman–Crippen MR) is 82.2 cm³/mol. The molecule has 0 unspecified atom stereocenters. The van der Waals surface area contributed by atoms with Crippen molar-refractivity contribution in [2.24, 2.45) is 0 Å². The van der Waals surface area contributed by atoms with Crippen molar-refractivity contribution >= 4 is 46.5 Å². The minimum Gasteiger partial charge on any atom is -0.478 e. The number of halogens is 2. The Labute approximate surface area is 130 Å². The molecule has 4 N–H and O–H groups in total. The molecule has 0 heterocycles. The molecule has 2 rings (SSSR count). The first-order valence-corrected chi connectivity index (χ1v) is 6.53. The van der Waals surface area contributed by atoms with Gasteiger partial charge in [0.05, 0.1) is 27.0 Å². The first-order chi connectivity index (χ1) is 9.88. The van der Waals surface area contributed by atoms with E-state index in [-0.39, 0.29) is 27.5 Å². The van der Waals surface area contributed by atoms with Crippen LogP contribution in [-0.2, 0) is 0 Å². The Morgan fingerprint density at radius 3 is 2.24 bits per heavy atom. The maximum absolute atomic E-state index is 12.1. The van der Waals surface area contributed by atoms with Gasteiger partial charge in [0.2, 0.25) is 0 Å². The zero-order valence-corrected chi connectivity index (χ0v) is 12.1. The summed E-state index contributed by atoms with van der Waals surface area (Å²) in [6.45, 7) is 0. The molecule has 0 aliphatic carbocycles. The second-order valence-electron chi connectivity index (χ2n) is 4.19. The predicted octanol–water partition coefficient (Wildman–Crippen LogP) is 3.53. The highest BCUT2D eigenvalue weighted by molar-refractivity contribution is 6.34.